The number of hydrogen-bond donors (Lipinski definition) is 1. The Bertz CT molecular complexity index is 354. The molecule has 0 aliphatic carbocycles. The van der Waals surface area contributed by atoms with E-state index in [0.717, 1.165) is 30.4 Å². The van der Waals surface area contributed by atoms with Gasteiger partial charge in [-0.25, -0.2) is 0 Å². The van der Waals surface area contributed by atoms with Gasteiger partial charge >= 0.3 is 0 Å². The second-order valence-electron chi connectivity index (χ2n) is 3.86. The van der Waals surface area contributed by atoms with Gasteiger partial charge in [-0.2, -0.15) is 0 Å². The van der Waals surface area contributed by atoms with Gasteiger partial charge in [0.1, 0.15) is 0 Å². The van der Waals surface area contributed by atoms with Crippen LogP contribution in [0.1, 0.15) is 25.1 Å². The molecule has 0 fully saturated rings. The SMILES string of the molecule is CCCNC(=O)CN(CC)Cc1ccc(Cl)s1. The lowest BCUT2D eigenvalue weighted by atomic mass is 10.4. The van der Waals surface area contributed by atoms with E-state index in [1.165, 1.54) is 4.88 Å². The molecule has 0 unspecified atom stereocenters. The molecule has 0 saturated carbocycles. The number of nitrogens with zero attached hydrogens (tertiary/aromatic N) is 1. The summed E-state index contributed by atoms with van der Waals surface area (Å²) in [6, 6.07) is 3.91. The lowest BCUT2D eigenvalue weighted by molar-refractivity contribution is -0.122. The van der Waals surface area contributed by atoms with E-state index >= 15 is 0 Å². The van der Waals surface area contributed by atoms with E-state index < -0.39 is 0 Å². The number of carbonyl (C=O) groups is 1. The zero-order valence-corrected chi connectivity index (χ0v) is 11.9. The number of nitrogens with one attached hydrogen (secondary N) is 1. The fraction of sp³-hybridized carbons (Fsp3) is 0.583. The van der Waals surface area contributed by atoms with Crippen LogP contribution in [-0.4, -0.2) is 30.4 Å². The smallest absolute Gasteiger partial charge is 0.234 e. The zero-order chi connectivity index (χ0) is 12.7. The summed E-state index contributed by atoms with van der Waals surface area (Å²) in [4.78, 5) is 14.9. The van der Waals surface area contributed by atoms with Gasteiger partial charge in [0.05, 0.1) is 10.9 Å². The van der Waals surface area contributed by atoms with Gasteiger partial charge in [0.25, 0.3) is 0 Å². The Kier molecular flexibility index (Phi) is 6.55. The van der Waals surface area contributed by atoms with Crippen LogP contribution < -0.4 is 5.32 Å². The Labute approximate surface area is 112 Å². The Morgan fingerprint density at radius 2 is 2.24 bits per heavy atom. The van der Waals surface area contributed by atoms with Crippen LogP contribution in [0.2, 0.25) is 4.34 Å². The van der Waals surface area contributed by atoms with Gasteiger partial charge < -0.3 is 5.32 Å². The summed E-state index contributed by atoms with van der Waals surface area (Å²) in [7, 11) is 0. The van der Waals surface area contributed by atoms with Gasteiger partial charge in [-0.15, -0.1) is 11.3 Å². The molecule has 0 atom stereocenters. The first-order valence-electron chi connectivity index (χ1n) is 5.89. The first-order valence-corrected chi connectivity index (χ1v) is 7.08. The van der Waals surface area contributed by atoms with Crippen LogP contribution in [0.3, 0.4) is 0 Å². The van der Waals surface area contributed by atoms with Crippen LogP contribution >= 0.6 is 22.9 Å². The van der Waals surface area contributed by atoms with Crippen LogP contribution in [0, 0.1) is 0 Å². The number of amides is 1. The third kappa shape index (κ3) is 5.52. The minimum Gasteiger partial charge on any atom is -0.355 e. The maximum Gasteiger partial charge on any atom is 0.234 e. The van der Waals surface area contributed by atoms with Crippen molar-refractivity contribution in [3.8, 4) is 0 Å². The molecule has 0 saturated heterocycles. The van der Waals surface area contributed by atoms with Gasteiger partial charge in [0.15, 0.2) is 0 Å². The number of halogens is 1. The predicted octanol–water partition coefficient (Wildman–Crippen LogP) is 2.75. The minimum absolute atomic E-state index is 0.0938. The Balaban J connectivity index is 2.40. The van der Waals surface area contributed by atoms with Crippen LogP contribution in [-0.2, 0) is 11.3 Å². The third-order valence-electron chi connectivity index (χ3n) is 2.39. The Hall–Kier alpha value is -0.580. The van der Waals surface area contributed by atoms with Crippen molar-refractivity contribution in [2.24, 2.45) is 0 Å². The summed E-state index contributed by atoms with van der Waals surface area (Å²) in [5.74, 6) is 0.0938. The summed E-state index contributed by atoms with van der Waals surface area (Å²) in [5, 5.41) is 2.88. The lowest BCUT2D eigenvalue weighted by Gasteiger charge is -2.18. The summed E-state index contributed by atoms with van der Waals surface area (Å²) in [6.07, 6.45) is 0.971. The molecule has 1 rings (SSSR count). The second kappa shape index (κ2) is 7.69. The molecule has 0 aliphatic rings. The molecule has 1 heterocycles. The van der Waals surface area contributed by atoms with Crippen molar-refractivity contribution in [3.63, 3.8) is 0 Å². The molecule has 0 aliphatic heterocycles. The number of thiophene rings is 1. The molecular formula is C12H19ClN2OS. The lowest BCUT2D eigenvalue weighted by Crippen LogP contribution is -2.36. The number of carbonyl (C=O) groups excluding carboxylic acids is 1. The van der Waals surface area contributed by atoms with Crippen LogP contribution in [0.15, 0.2) is 12.1 Å². The first-order chi connectivity index (χ1) is 8.15. The molecule has 0 radical (unpaired) electrons. The summed E-state index contributed by atoms with van der Waals surface area (Å²) < 4.78 is 0.798. The highest BCUT2D eigenvalue weighted by molar-refractivity contribution is 7.16. The zero-order valence-electron chi connectivity index (χ0n) is 10.3. The van der Waals surface area contributed by atoms with Gasteiger partial charge in [-0.05, 0) is 25.1 Å². The molecule has 96 valence electrons. The topological polar surface area (TPSA) is 32.3 Å². The van der Waals surface area contributed by atoms with Gasteiger partial charge in [-0.3, -0.25) is 9.69 Å². The van der Waals surface area contributed by atoms with E-state index in [0.29, 0.717) is 6.54 Å². The molecule has 1 aromatic heterocycles. The highest BCUT2D eigenvalue weighted by Gasteiger charge is 2.10. The van der Waals surface area contributed by atoms with Gasteiger partial charge in [0.2, 0.25) is 5.91 Å². The quantitative estimate of drug-likeness (QED) is 0.829. The fourth-order valence-electron chi connectivity index (χ4n) is 1.46. The van der Waals surface area contributed by atoms with Crippen molar-refractivity contribution in [2.45, 2.75) is 26.8 Å². The largest absolute Gasteiger partial charge is 0.355 e. The van der Waals surface area contributed by atoms with Crippen molar-refractivity contribution >= 4 is 28.8 Å². The summed E-state index contributed by atoms with van der Waals surface area (Å²) in [5.41, 5.74) is 0. The Morgan fingerprint density at radius 3 is 2.76 bits per heavy atom. The average molecular weight is 275 g/mol. The van der Waals surface area contributed by atoms with E-state index in [9.17, 15) is 4.79 Å². The first kappa shape index (κ1) is 14.5. The molecule has 0 bridgehead atoms. The van der Waals surface area contributed by atoms with Crippen molar-refractivity contribution in [3.05, 3.63) is 21.3 Å². The highest BCUT2D eigenvalue weighted by Crippen LogP contribution is 2.22. The molecular weight excluding hydrogens is 256 g/mol. The molecule has 17 heavy (non-hydrogen) atoms. The molecule has 0 spiro atoms. The molecule has 5 heteroatoms. The van der Waals surface area contributed by atoms with Crippen molar-refractivity contribution in [2.75, 3.05) is 19.6 Å². The van der Waals surface area contributed by atoms with E-state index in [-0.39, 0.29) is 5.91 Å². The van der Waals surface area contributed by atoms with Crippen molar-refractivity contribution in [1.29, 1.82) is 0 Å². The van der Waals surface area contributed by atoms with E-state index in [4.69, 9.17) is 11.6 Å². The van der Waals surface area contributed by atoms with Crippen molar-refractivity contribution < 1.29 is 4.79 Å². The number of rotatable bonds is 7. The van der Waals surface area contributed by atoms with E-state index in [1.807, 2.05) is 19.1 Å². The standard InChI is InChI=1S/C12H19ClN2OS/c1-3-7-14-12(16)9-15(4-2)8-10-5-6-11(13)17-10/h5-6H,3-4,7-9H2,1-2H3,(H,14,16). The van der Waals surface area contributed by atoms with Crippen LogP contribution in [0.25, 0.3) is 0 Å². The third-order valence-corrected chi connectivity index (χ3v) is 3.61. The Morgan fingerprint density at radius 1 is 1.47 bits per heavy atom. The summed E-state index contributed by atoms with van der Waals surface area (Å²) >= 11 is 7.45. The second-order valence-corrected chi connectivity index (χ2v) is 5.66. The summed E-state index contributed by atoms with van der Waals surface area (Å²) in [6.45, 7) is 6.95. The van der Waals surface area contributed by atoms with Gasteiger partial charge in [0, 0.05) is 18.0 Å². The highest BCUT2D eigenvalue weighted by atomic mass is 35.5. The van der Waals surface area contributed by atoms with E-state index in [2.05, 4.69) is 17.1 Å². The van der Waals surface area contributed by atoms with Crippen LogP contribution in [0.5, 0.6) is 0 Å². The van der Waals surface area contributed by atoms with Crippen LogP contribution in [0.4, 0.5) is 0 Å². The molecule has 1 aromatic rings. The maximum atomic E-state index is 11.6. The molecule has 1 amide bonds. The fourth-order valence-corrected chi connectivity index (χ4v) is 2.59. The minimum atomic E-state index is 0.0938. The normalized spacial score (nSPS) is 10.8. The monoisotopic (exact) mass is 274 g/mol. The predicted molar refractivity (Wildman–Crippen MR) is 73.6 cm³/mol. The van der Waals surface area contributed by atoms with Crippen molar-refractivity contribution in [1.82, 2.24) is 10.2 Å². The number of likely N-dealkylation sites (N-methyl/N-ethyl adjacent to an activating group) is 1. The number of hydrogen-bond acceptors (Lipinski definition) is 3. The van der Waals surface area contributed by atoms with Gasteiger partial charge in [-0.1, -0.05) is 25.4 Å². The molecule has 0 aromatic carbocycles. The van der Waals surface area contributed by atoms with E-state index in [1.54, 1.807) is 11.3 Å². The maximum absolute atomic E-state index is 11.6. The molecule has 1 N–H and O–H groups in total. The molecule has 3 nitrogen and oxygen atoms in total. The average Bonchev–Trinajstić information content (AvgIpc) is 2.71.